The largest absolute Gasteiger partial charge is 0.378 e. The maximum Gasteiger partial charge on any atom is 0.0593 e. The van der Waals surface area contributed by atoms with E-state index in [0.717, 1.165) is 13.0 Å². The predicted molar refractivity (Wildman–Crippen MR) is 64.2 cm³/mol. The van der Waals surface area contributed by atoms with E-state index < -0.39 is 0 Å². The van der Waals surface area contributed by atoms with Gasteiger partial charge in [0.2, 0.25) is 0 Å². The molecule has 16 heavy (non-hydrogen) atoms. The molecule has 2 heterocycles. The third kappa shape index (κ3) is 3.03. The smallest absolute Gasteiger partial charge is 0.0593 e. The molecule has 0 aromatic carbocycles. The molecule has 0 amide bonds. The molecule has 1 aromatic heterocycles. The van der Waals surface area contributed by atoms with Crippen LogP contribution in [-0.4, -0.2) is 24.7 Å². The molecule has 0 bridgehead atoms. The van der Waals surface area contributed by atoms with Gasteiger partial charge in [-0.25, -0.2) is 0 Å². The summed E-state index contributed by atoms with van der Waals surface area (Å²) in [6, 6.07) is 4.47. The average Bonchev–Trinajstić information content (AvgIpc) is 2.38. The highest BCUT2D eigenvalue weighted by molar-refractivity contribution is 5.13. The maximum absolute atomic E-state index is 5.77. The van der Waals surface area contributed by atoms with E-state index in [1.807, 2.05) is 25.5 Å². The molecular weight excluding hydrogens is 200 g/mol. The van der Waals surface area contributed by atoms with Gasteiger partial charge in [0.1, 0.15) is 0 Å². The number of hydrogen-bond donors (Lipinski definition) is 1. The number of ether oxygens (including phenoxy) is 1. The number of hydrogen-bond acceptors (Lipinski definition) is 3. The summed E-state index contributed by atoms with van der Waals surface area (Å²) < 4.78 is 5.77. The SMILES string of the molecule is CNC(CC1CCCCO1)c1cccnc1. The highest BCUT2D eigenvalue weighted by atomic mass is 16.5. The first-order chi connectivity index (χ1) is 7.90. The van der Waals surface area contributed by atoms with E-state index in [2.05, 4.69) is 16.4 Å². The average molecular weight is 220 g/mol. The van der Waals surface area contributed by atoms with Crippen LogP contribution in [0.4, 0.5) is 0 Å². The van der Waals surface area contributed by atoms with E-state index in [0.29, 0.717) is 12.1 Å². The fourth-order valence-electron chi connectivity index (χ4n) is 2.26. The van der Waals surface area contributed by atoms with Crippen molar-refractivity contribution < 1.29 is 4.74 Å². The minimum atomic E-state index is 0.358. The second kappa shape index (κ2) is 5.97. The standard InChI is InChI=1S/C13H20N2O/c1-14-13(11-5-4-7-15-10-11)9-12-6-2-3-8-16-12/h4-5,7,10,12-14H,2-3,6,8-9H2,1H3. The zero-order valence-corrected chi connectivity index (χ0v) is 9.86. The van der Waals surface area contributed by atoms with E-state index in [4.69, 9.17) is 4.74 Å². The summed E-state index contributed by atoms with van der Waals surface area (Å²) in [6.45, 7) is 0.925. The predicted octanol–water partition coefficient (Wildman–Crippen LogP) is 2.30. The summed E-state index contributed by atoms with van der Waals surface area (Å²) in [6.07, 6.45) is 8.91. The fraction of sp³-hybridized carbons (Fsp3) is 0.615. The second-order valence-electron chi connectivity index (χ2n) is 4.35. The van der Waals surface area contributed by atoms with Gasteiger partial charge in [0.05, 0.1) is 6.10 Å². The van der Waals surface area contributed by atoms with Crippen LogP contribution in [0.25, 0.3) is 0 Å². The number of nitrogens with zero attached hydrogens (tertiary/aromatic N) is 1. The number of rotatable bonds is 4. The van der Waals surface area contributed by atoms with Gasteiger partial charge in [0.25, 0.3) is 0 Å². The number of aromatic nitrogens is 1. The van der Waals surface area contributed by atoms with Crippen molar-refractivity contribution in [1.82, 2.24) is 10.3 Å². The first-order valence-corrected chi connectivity index (χ1v) is 6.09. The van der Waals surface area contributed by atoms with E-state index in [9.17, 15) is 0 Å². The van der Waals surface area contributed by atoms with Crippen molar-refractivity contribution in [3.8, 4) is 0 Å². The molecule has 2 unspecified atom stereocenters. The Kier molecular flexibility index (Phi) is 4.31. The maximum atomic E-state index is 5.77. The van der Waals surface area contributed by atoms with Gasteiger partial charge in [0, 0.05) is 25.0 Å². The third-order valence-electron chi connectivity index (χ3n) is 3.21. The molecule has 1 aliphatic heterocycles. The van der Waals surface area contributed by atoms with Gasteiger partial charge >= 0.3 is 0 Å². The van der Waals surface area contributed by atoms with E-state index in [1.165, 1.54) is 24.8 Å². The second-order valence-corrected chi connectivity index (χ2v) is 4.35. The molecule has 0 spiro atoms. The topological polar surface area (TPSA) is 34.1 Å². The summed E-state index contributed by atoms with van der Waals surface area (Å²) in [5, 5.41) is 3.35. The Labute approximate surface area is 97.2 Å². The Morgan fingerprint density at radius 3 is 3.12 bits per heavy atom. The molecule has 88 valence electrons. The van der Waals surface area contributed by atoms with Gasteiger partial charge in [-0.1, -0.05) is 6.07 Å². The van der Waals surface area contributed by atoms with Crippen molar-refractivity contribution in [3.63, 3.8) is 0 Å². The Bertz CT molecular complexity index is 296. The lowest BCUT2D eigenvalue weighted by molar-refractivity contribution is 0.00546. The van der Waals surface area contributed by atoms with Crippen LogP contribution >= 0.6 is 0 Å². The third-order valence-corrected chi connectivity index (χ3v) is 3.21. The molecule has 3 nitrogen and oxygen atoms in total. The Balaban J connectivity index is 1.94. The van der Waals surface area contributed by atoms with Crippen molar-refractivity contribution >= 4 is 0 Å². The minimum absolute atomic E-state index is 0.358. The van der Waals surface area contributed by atoms with Crippen LogP contribution in [0.5, 0.6) is 0 Å². The lowest BCUT2D eigenvalue weighted by Gasteiger charge is -2.26. The monoisotopic (exact) mass is 220 g/mol. The van der Waals surface area contributed by atoms with Gasteiger partial charge < -0.3 is 10.1 Å². The van der Waals surface area contributed by atoms with E-state index >= 15 is 0 Å². The quantitative estimate of drug-likeness (QED) is 0.845. The van der Waals surface area contributed by atoms with Crippen LogP contribution in [0, 0.1) is 0 Å². The Morgan fingerprint density at radius 1 is 1.56 bits per heavy atom. The molecule has 0 radical (unpaired) electrons. The number of pyridine rings is 1. The molecule has 1 aromatic rings. The van der Waals surface area contributed by atoms with Crippen LogP contribution in [-0.2, 0) is 4.74 Å². The van der Waals surface area contributed by atoms with Gasteiger partial charge in [-0.2, -0.15) is 0 Å². The molecule has 1 N–H and O–H groups in total. The lowest BCUT2D eigenvalue weighted by Crippen LogP contribution is -2.26. The van der Waals surface area contributed by atoms with Crippen LogP contribution in [0.15, 0.2) is 24.5 Å². The van der Waals surface area contributed by atoms with Gasteiger partial charge in [-0.05, 0) is 44.4 Å². The molecular formula is C13H20N2O. The Hall–Kier alpha value is -0.930. The van der Waals surface area contributed by atoms with E-state index in [-0.39, 0.29) is 0 Å². The zero-order chi connectivity index (χ0) is 11.2. The molecule has 1 aliphatic rings. The molecule has 3 heteroatoms. The van der Waals surface area contributed by atoms with Crippen molar-refractivity contribution in [1.29, 1.82) is 0 Å². The van der Waals surface area contributed by atoms with Crippen LogP contribution in [0.2, 0.25) is 0 Å². The molecule has 2 rings (SSSR count). The van der Waals surface area contributed by atoms with Crippen LogP contribution < -0.4 is 5.32 Å². The molecule has 1 fully saturated rings. The molecule has 1 saturated heterocycles. The lowest BCUT2D eigenvalue weighted by atomic mass is 9.98. The first kappa shape index (κ1) is 11.6. The number of nitrogens with one attached hydrogen (secondary N) is 1. The Morgan fingerprint density at radius 2 is 2.50 bits per heavy atom. The summed E-state index contributed by atoms with van der Waals surface area (Å²) in [5.41, 5.74) is 1.25. The molecule has 0 saturated carbocycles. The van der Waals surface area contributed by atoms with Gasteiger partial charge in [-0.15, -0.1) is 0 Å². The van der Waals surface area contributed by atoms with Crippen molar-refractivity contribution in [2.45, 2.75) is 37.8 Å². The highest BCUT2D eigenvalue weighted by Gasteiger charge is 2.19. The van der Waals surface area contributed by atoms with Gasteiger partial charge in [-0.3, -0.25) is 4.98 Å². The summed E-state index contributed by atoms with van der Waals surface area (Å²) in [4.78, 5) is 4.17. The summed E-state index contributed by atoms with van der Waals surface area (Å²) in [7, 11) is 2.00. The van der Waals surface area contributed by atoms with Crippen molar-refractivity contribution in [2.24, 2.45) is 0 Å². The highest BCUT2D eigenvalue weighted by Crippen LogP contribution is 2.23. The normalized spacial score (nSPS) is 22.9. The van der Waals surface area contributed by atoms with Crippen LogP contribution in [0.3, 0.4) is 0 Å². The molecule has 2 atom stereocenters. The van der Waals surface area contributed by atoms with Crippen molar-refractivity contribution in [3.05, 3.63) is 30.1 Å². The van der Waals surface area contributed by atoms with Gasteiger partial charge in [0.15, 0.2) is 0 Å². The van der Waals surface area contributed by atoms with Crippen LogP contribution in [0.1, 0.15) is 37.3 Å². The zero-order valence-electron chi connectivity index (χ0n) is 9.86. The van der Waals surface area contributed by atoms with E-state index in [1.54, 1.807) is 0 Å². The fourth-order valence-corrected chi connectivity index (χ4v) is 2.26. The summed E-state index contributed by atoms with van der Waals surface area (Å²) >= 11 is 0. The minimum Gasteiger partial charge on any atom is -0.378 e. The summed E-state index contributed by atoms with van der Waals surface area (Å²) in [5.74, 6) is 0. The molecule has 0 aliphatic carbocycles. The van der Waals surface area contributed by atoms with Crippen molar-refractivity contribution in [2.75, 3.05) is 13.7 Å². The first-order valence-electron chi connectivity index (χ1n) is 6.09.